The van der Waals surface area contributed by atoms with Crippen molar-refractivity contribution in [2.75, 3.05) is 6.54 Å². The van der Waals surface area contributed by atoms with E-state index in [4.69, 9.17) is 4.74 Å². The highest BCUT2D eigenvalue weighted by Crippen LogP contribution is 2.28. The second-order valence-corrected chi connectivity index (χ2v) is 7.37. The van der Waals surface area contributed by atoms with Crippen LogP contribution in [0.25, 0.3) is 10.8 Å². The van der Waals surface area contributed by atoms with Gasteiger partial charge in [0.25, 0.3) is 0 Å². The molecule has 0 fully saturated rings. The van der Waals surface area contributed by atoms with Crippen molar-refractivity contribution < 1.29 is 4.74 Å². The van der Waals surface area contributed by atoms with Gasteiger partial charge in [-0.1, -0.05) is 60.2 Å². The second-order valence-electron chi connectivity index (χ2n) is 7.37. The van der Waals surface area contributed by atoms with Crippen LogP contribution in [0.4, 0.5) is 0 Å². The van der Waals surface area contributed by atoms with Gasteiger partial charge in [-0.15, -0.1) is 12.4 Å². The molecule has 3 aromatic carbocycles. The Morgan fingerprint density at radius 3 is 2.63 bits per heavy atom. The van der Waals surface area contributed by atoms with Gasteiger partial charge < -0.3 is 14.6 Å². The molecule has 0 saturated heterocycles. The Morgan fingerprint density at radius 2 is 1.83 bits per heavy atom. The summed E-state index contributed by atoms with van der Waals surface area (Å²) in [4.78, 5) is 4.09. The number of imidazole rings is 1. The molecule has 0 unspecified atom stereocenters. The fourth-order valence-electron chi connectivity index (χ4n) is 3.50. The van der Waals surface area contributed by atoms with E-state index in [0.29, 0.717) is 6.61 Å². The largest absolute Gasteiger partial charge is 0.489 e. The summed E-state index contributed by atoms with van der Waals surface area (Å²) in [6.07, 6.45) is 6.74. The zero-order valence-corrected chi connectivity index (χ0v) is 18.1. The third kappa shape index (κ3) is 5.62. The molecular formula is C25H28ClN3O. The highest BCUT2D eigenvalue weighted by atomic mass is 35.5. The molecule has 4 nitrogen and oxygen atoms in total. The molecule has 0 aliphatic heterocycles. The maximum Gasteiger partial charge on any atom is 0.124 e. The fraction of sp³-hybridized carbons (Fsp3) is 0.240. The third-order valence-electron chi connectivity index (χ3n) is 5.14. The van der Waals surface area contributed by atoms with Gasteiger partial charge in [-0.05, 0) is 42.3 Å². The predicted octanol–water partition coefficient (Wildman–Crippen LogP) is 5.53. The first-order valence-electron chi connectivity index (χ1n) is 10.1. The molecule has 30 heavy (non-hydrogen) atoms. The average Bonchev–Trinajstić information content (AvgIpc) is 3.27. The maximum atomic E-state index is 6.23. The van der Waals surface area contributed by atoms with Gasteiger partial charge in [0.15, 0.2) is 0 Å². The average molecular weight is 422 g/mol. The van der Waals surface area contributed by atoms with Crippen molar-refractivity contribution in [3.63, 3.8) is 0 Å². The summed E-state index contributed by atoms with van der Waals surface area (Å²) in [6.45, 7) is 5.38. The van der Waals surface area contributed by atoms with Crippen molar-refractivity contribution in [2.45, 2.75) is 33.0 Å². The lowest BCUT2D eigenvalue weighted by atomic mass is 10.0. The minimum absolute atomic E-state index is 0. The highest BCUT2D eigenvalue weighted by molar-refractivity contribution is 5.87. The highest BCUT2D eigenvalue weighted by Gasteiger charge is 2.09. The number of benzene rings is 3. The summed E-state index contributed by atoms with van der Waals surface area (Å²) in [5, 5.41) is 6.08. The van der Waals surface area contributed by atoms with Crippen LogP contribution in [0.5, 0.6) is 5.75 Å². The second kappa shape index (κ2) is 10.8. The number of nitrogens with zero attached hydrogens (tertiary/aromatic N) is 2. The lowest BCUT2D eigenvalue weighted by Gasteiger charge is -2.15. The van der Waals surface area contributed by atoms with Crippen LogP contribution in [0.2, 0.25) is 0 Å². The number of ether oxygens (including phenoxy) is 1. The fourth-order valence-corrected chi connectivity index (χ4v) is 3.50. The molecule has 4 rings (SSSR count). The van der Waals surface area contributed by atoms with Crippen LogP contribution >= 0.6 is 12.4 Å². The van der Waals surface area contributed by atoms with Crippen molar-refractivity contribution in [1.82, 2.24) is 14.9 Å². The minimum Gasteiger partial charge on any atom is -0.489 e. The van der Waals surface area contributed by atoms with Gasteiger partial charge in [0.1, 0.15) is 12.4 Å². The number of fused-ring (bicyclic) bond motifs is 1. The van der Waals surface area contributed by atoms with Gasteiger partial charge >= 0.3 is 0 Å². The van der Waals surface area contributed by atoms with Crippen molar-refractivity contribution in [3.8, 4) is 5.75 Å². The molecular weight excluding hydrogens is 394 g/mol. The lowest BCUT2D eigenvalue weighted by Crippen LogP contribution is -2.17. The molecule has 0 spiro atoms. The van der Waals surface area contributed by atoms with Gasteiger partial charge in [0, 0.05) is 31.0 Å². The van der Waals surface area contributed by atoms with Gasteiger partial charge in [0.05, 0.1) is 6.33 Å². The number of aryl methyl sites for hydroxylation is 2. The van der Waals surface area contributed by atoms with Crippen LogP contribution in [-0.2, 0) is 19.7 Å². The van der Waals surface area contributed by atoms with Gasteiger partial charge in [-0.3, -0.25) is 0 Å². The van der Waals surface area contributed by atoms with Gasteiger partial charge in [-0.2, -0.15) is 0 Å². The predicted molar refractivity (Wildman–Crippen MR) is 125 cm³/mol. The van der Waals surface area contributed by atoms with E-state index < -0.39 is 0 Å². The van der Waals surface area contributed by atoms with Crippen molar-refractivity contribution >= 4 is 23.2 Å². The molecule has 0 saturated carbocycles. The van der Waals surface area contributed by atoms with E-state index >= 15 is 0 Å². The normalized spacial score (nSPS) is 10.7. The first-order chi connectivity index (χ1) is 14.3. The molecule has 0 amide bonds. The molecule has 1 N–H and O–H groups in total. The number of hydrogen-bond donors (Lipinski definition) is 1. The first kappa shape index (κ1) is 21.9. The van der Waals surface area contributed by atoms with Crippen LogP contribution in [-0.4, -0.2) is 16.1 Å². The van der Waals surface area contributed by atoms with E-state index in [9.17, 15) is 0 Å². The molecule has 0 bridgehead atoms. The zero-order chi connectivity index (χ0) is 19.9. The molecule has 1 aromatic heterocycles. The molecule has 0 aliphatic rings. The summed E-state index contributed by atoms with van der Waals surface area (Å²) >= 11 is 0. The Morgan fingerprint density at radius 1 is 1.00 bits per heavy atom. The third-order valence-corrected chi connectivity index (χ3v) is 5.14. The summed E-state index contributed by atoms with van der Waals surface area (Å²) in [5.41, 5.74) is 3.67. The van der Waals surface area contributed by atoms with E-state index in [-0.39, 0.29) is 12.4 Å². The number of hydrogen-bond acceptors (Lipinski definition) is 3. The van der Waals surface area contributed by atoms with Crippen molar-refractivity contribution in [1.29, 1.82) is 0 Å². The van der Waals surface area contributed by atoms with E-state index in [1.165, 1.54) is 27.5 Å². The summed E-state index contributed by atoms with van der Waals surface area (Å²) < 4.78 is 8.34. The van der Waals surface area contributed by atoms with Crippen LogP contribution in [0, 0.1) is 6.92 Å². The standard InChI is InChI=1S/C25H27N3O.ClH/c1-20-7-9-21(10-8-20)18-29-25-12-11-22-5-2-3-6-23(22)24(25)17-26-13-4-15-28-16-14-27-19-28;/h2-3,5-12,14,16,19,26H,4,13,15,17-18H2,1H3;1H. The van der Waals surface area contributed by atoms with Crippen molar-refractivity contribution in [2.24, 2.45) is 0 Å². The van der Waals surface area contributed by atoms with Gasteiger partial charge in [0.2, 0.25) is 0 Å². The van der Waals surface area contributed by atoms with E-state index in [1.54, 1.807) is 0 Å². The number of aromatic nitrogens is 2. The molecule has 0 atom stereocenters. The molecule has 1 heterocycles. The number of rotatable bonds is 9. The summed E-state index contributed by atoms with van der Waals surface area (Å²) in [5.74, 6) is 0.950. The smallest absolute Gasteiger partial charge is 0.124 e. The minimum atomic E-state index is 0. The summed E-state index contributed by atoms with van der Waals surface area (Å²) in [7, 11) is 0. The van der Waals surface area contributed by atoms with Crippen LogP contribution in [0.1, 0.15) is 23.1 Å². The van der Waals surface area contributed by atoms with Crippen LogP contribution in [0.15, 0.2) is 79.4 Å². The Balaban J connectivity index is 0.00000256. The van der Waals surface area contributed by atoms with Crippen molar-refractivity contribution in [3.05, 3.63) is 96.1 Å². The van der Waals surface area contributed by atoms with E-state index in [1.807, 2.05) is 18.7 Å². The number of halogens is 1. The van der Waals surface area contributed by atoms with Crippen LogP contribution < -0.4 is 10.1 Å². The Bertz CT molecular complexity index is 1050. The number of nitrogens with one attached hydrogen (secondary N) is 1. The maximum absolute atomic E-state index is 6.23. The van der Waals surface area contributed by atoms with E-state index in [0.717, 1.165) is 31.8 Å². The van der Waals surface area contributed by atoms with Crippen LogP contribution in [0.3, 0.4) is 0 Å². The Kier molecular flexibility index (Phi) is 7.89. The topological polar surface area (TPSA) is 39.1 Å². The monoisotopic (exact) mass is 421 g/mol. The molecule has 0 radical (unpaired) electrons. The zero-order valence-electron chi connectivity index (χ0n) is 17.3. The lowest BCUT2D eigenvalue weighted by molar-refractivity contribution is 0.302. The quantitative estimate of drug-likeness (QED) is 0.361. The summed E-state index contributed by atoms with van der Waals surface area (Å²) in [6, 6.07) is 21.3. The Labute approximate surface area is 184 Å². The molecule has 5 heteroatoms. The Hall–Kier alpha value is -2.82. The molecule has 156 valence electrons. The SMILES string of the molecule is Cc1ccc(COc2ccc3ccccc3c2CNCCCn2ccnc2)cc1.Cl. The van der Waals surface area contributed by atoms with E-state index in [2.05, 4.69) is 82.5 Å². The molecule has 4 aromatic rings. The van der Waals surface area contributed by atoms with Gasteiger partial charge in [-0.25, -0.2) is 4.98 Å². The first-order valence-corrected chi connectivity index (χ1v) is 10.1. The molecule has 0 aliphatic carbocycles.